The second kappa shape index (κ2) is 5.35. The van der Waals surface area contributed by atoms with E-state index in [-0.39, 0.29) is 0 Å². The molecule has 1 nitrogen and oxygen atoms in total. The molecule has 0 spiro atoms. The van der Waals surface area contributed by atoms with Crippen molar-refractivity contribution in [2.24, 2.45) is 5.73 Å². The van der Waals surface area contributed by atoms with E-state index in [9.17, 15) is 4.39 Å². The first-order valence-electron chi connectivity index (χ1n) is 4.68. The van der Waals surface area contributed by atoms with Crippen LogP contribution < -0.4 is 5.73 Å². The average molecular weight is 201 g/mol. The van der Waals surface area contributed by atoms with Crippen molar-refractivity contribution in [1.29, 1.82) is 0 Å². The zero-order valence-corrected chi connectivity index (χ0v) is 8.74. The summed E-state index contributed by atoms with van der Waals surface area (Å²) in [6.45, 7) is 2.55. The lowest BCUT2D eigenvalue weighted by molar-refractivity contribution is 0.318. The van der Waals surface area contributed by atoms with Crippen molar-refractivity contribution < 1.29 is 4.39 Å². The molecule has 2 N–H and O–H groups in total. The van der Waals surface area contributed by atoms with Gasteiger partial charge in [0, 0.05) is 16.2 Å². The minimum atomic E-state index is -0.770. The molecule has 1 unspecified atom stereocenters. The lowest BCUT2D eigenvalue weighted by Gasteiger charge is -2.03. The van der Waals surface area contributed by atoms with Crippen LogP contribution in [0.15, 0.2) is 12.1 Å². The minimum absolute atomic E-state index is 0.438. The van der Waals surface area contributed by atoms with E-state index >= 15 is 0 Å². The molecule has 0 aliphatic rings. The zero-order valence-electron chi connectivity index (χ0n) is 7.92. The normalized spacial score (nSPS) is 13.2. The van der Waals surface area contributed by atoms with Crippen LogP contribution in [0.4, 0.5) is 4.39 Å². The number of halogens is 1. The van der Waals surface area contributed by atoms with Crippen LogP contribution in [-0.4, -0.2) is 12.7 Å². The number of alkyl halides is 1. The van der Waals surface area contributed by atoms with Crippen LogP contribution in [0, 0.1) is 0 Å². The molecule has 0 aliphatic carbocycles. The van der Waals surface area contributed by atoms with Gasteiger partial charge in [-0.3, -0.25) is 0 Å². The summed E-state index contributed by atoms with van der Waals surface area (Å²) in [7, 11) is 0. The van der Waals surface area contributed by atoms with Crippen LogP contribution in [-0.2, 0) is 12.8 Å². The highest BCUT2D eigenvalue weighted by Gasteiger charge is 2.08. The van der Waals surface area contributed by atoms with Gasteiger partial charge in [-0.15, -0.1) is 11.3 Å². The highest BCUT2D eigenvalue weighted by Crippen LogP contribution is 2.19. The lowest BCUT2D eigenvalue weighted by atomic mass is 10.2. The van der Waals surface area contributed by atoms with Gasteiger partial charge in [-0.05, 0) is 31.5 Å². The average Bonchev–Trinajstić information content (AvgIpc) is 2.52. The predicted molar refractivity (Wildman–Crippen MR) is 56.0 cm³/mol. The summed E-state index contributed by atoms with van der Waals surface area (Å²) in [5.74, 6) is 0. The fourth-order valence-corrected chi connectivity index (χ4v) is 2.24. The summed E-state index contributed by atoms with van der Waals surface area (Å²) in [4.78, 5) is 2.47. The molecule has 0 aliphatic heterocycles. The molecule has 0 bridgehead atoms. The molecule has 0 saturated heterocycles. The molecular weight excluding hydrogens is 185 g/mol. The Morgan fingerprint density at radius 3 is 2.69 bits per heavy atom. The summed E-state index contributed by atoms with van der Waals surface area (Å²) >= 11 is 1.71. The number of hydrogen-bond acceptors (Lipinski definition) is 2. The van der Waals surface area contributed by atoms with Gasteiger partial charge in [-0.2, -0.15) is 0 Å². The van der Waals surface area contributed by atoms with Gasteiger partial charge >= 0.3 is 0 Å². The van der Waals surface area contributed by atoms with Crippen LogP contribution in [0.3, 0.4) is 0 Å². The fraction of sp³-hybridized carbons (Fsp3) is 0.600. The Labute approximate surface area is 82.8 Å². The monoisotopic (exact) mass is 201 g/mol. The maximum absolute atomic E-state index is 13.1. The number of rotatable bonds is 5. The van der Waals surface area contributed by atoms with Crippen molar-refractivity contribution in [3.05, 3.63) is 21.9 Å². The summed E-state index contributed by atoms with van der Waals surface area (Å²) in [5.41, 5.74) is 5.28. The quantitative estimate of drug-likeness (QED) is 0.778. The van der Waals surface area contributed by atoms with Crippen molar-refractivity contribution in [1.82, 2.24) is 0 Å². The van der Waals surface area contributed by atoms with E-state index in [1.165, 1.54) is 4.88 Å². The minimum Gasteiger partial charge on any atom is -0.330 e. The van der Waals surface area contributed by atoms with Crippen molar-refractivity contribution in [2.45, 2.75) is 32.4 Å². The molecule has 1 aromatic rings. The van der Waals surface area contributed by atoms with E-state index in [0.717, 1.165) is 11.3 Å². The van der Waals surface area contributed by atoms with Gasteiger partial charge in [0.2, 0.25) is 0 Å². The molecule has 1 rings (SSSR count). The summed E-state index contributed by atoms with van der Waals surface area (Å²) in [5, 5.41) is 0. The topological polar surface area (TPSA) is 26.0 Å². The van der Waals surface area contributed by atoms with Crippen LogP contribution in [0.5, 0.6) is 0 Å². The van der Waals surface area contributed by atoms with Crippen LogP contribution in [0.25, 0.3) is 0 Å². The molecule has 0 aromatic carbocycles. The van der Waals surface area contributed by atoms with Crippen molar-refractivity contribution in [3.63, 3.8) is 0 Å². The van der Waals surface area contributed by atoms with Crippen molar-refractivity contribution in [3.8, 4) is 0 Å². The number of nitrogens with two attached hydrogens (primary N) is 1. The number of hydrogen-bond donors (Lipinski definition) is 1. The van der Waals surface area contributed by atoms with Gasteiger partial charge < -0.3 is 5.73 Å². The highest BCUT2D eigenvalue weighted by atomic mass is 32.1. The standard InChI is InChI=1S/C10H16FNS/c1-2-9-3-4-10(13-9)7-8(11)5-6-12/h3-4,8H,2,5-7,12H2,1H3. The molecule has 0 radical (unpaired) electrons. The third-order valence-corrected chi connectivity index (χ3v) is 3.22. The van der Waals surface area contributed by atoms with E-state index in [1.807, 2.05) is 6.07 Å². The van der Waals surface area contributed by atoms with Gasteiger partial charge in [0.05, 0.1) is 0 Å². The first-order valence-corrected chi connectivity index (χ1v) is 5.49. The fourth-order valence-electron chi connectivity index (χ4n) is 1.22. The molecular formula is C10H16FNS. The van der Waals surface area contributed by atoms with E-state index in [2.05, 4.69) is 13.0 Å². The Morgan fingerprint density at radius 1 is 1.46 bits per heavy atom. The number of thiophene rings is 1. The van der Waals surface area contributed by atoms with Crippen molar-refractivity contribution in [2.75, 3.05) is 6.54 Å². The van der Waals surface area contributed by atoms with E-state index in [0.29, 0.717) is 19.4 Å². The van der Waals surface area contributed by atoms with E-state index in [4.69, 9.17) is 5.73 Å². The maximum Gasteiger partial charge on any atom is 0.106 e. The second-order valence-corrected chi connectivity index (χ2v) is 4.35. The van der Waals surface area contributed by atoms with Gasteiger partial charge in [-0.1, -0.05) is 6.92 Å². The Bertz CT molecular complexity index is 247. The second-order valence-electron chi connectivity index (χ2n) is 3.10. The molecule has 13 heavy (non-hydrogen) atoms. The summed E-state index contributed by atoms with van der Waals surface area (Å²) in [6, 6.07) is 4.10. The van der Waals surface area contributed by atoms with E-state index in [1.54, 1.807) is 11.3 Å². The van der Waals surface area contributed by atoms with Crippen molar-refractivity contribution >= 4 is 11.3 Å². The number of aryl methyl sites for hydroxylation is 1. The van der Waals surface area contributed by atoms with Crippen LogP contribution in [0.2, 0.25) is 0 Å². The molecule has 0 amide bonds. The Balaban J connectivity index is 2.44. The highest BCUT2D eigenvalue weighted by molar-refractivity contribution is 7.11. The molecule has 1 atom stereocenters. The molecule has 3 heteroatoms. The van der Waals surface area contributed by atoms with E-state index < -0.39 is 6.17 Å². The maximum atomic E-state index is 13.1. The first-order chi connectivity index (χ1) is 6.26. The SMILES string of the molecule is CCc1ccc(CC(F)CCN)s1. The Morgan fingerprint density at radius 2 is 2.15 bits per heavy atom. The molecule has 1 aromatic heterocycles. The third kappa shape index (κ3) is 3.44. The molecule has 1 heterocycles. The van der Waals surface area contributed by atoms with Crippen LogP contribution >= 0.6 is 11.3 Å². The molecule has 0 saturated carbocycles. The molecule has 0 fully saturated rings. The predicted octanol–water partition coefficient (Wildman–Crippen LogP) is 2.54. The Hall–Kier alpha value is -0.410. The summed E-state index contributed by atoms with van der Waals surface area (Å²) < 4.78 is 13.1. The van der Waals surface area contributed by atoms with Crippen LogP contribution in [0.1, 0.15) is 23.1 Å². The van der Waals surface area contributed by atoms with Gasteiger partial charge in [0.15, 0.2) is 0 Å². The molecule has 74 valence electrons. The zero-order chi connectivity index (χ0) is 9.68. The summed E-state index contributed by atoms with van der Waals surface area (Å²) in [6.07, 6.45) is 1.27. The lowest BCUT2D eigenvalue weighted by Crippen LogP contribution is -2.10. The van der Waals surface area contributed by atoms with Gasteiger partial charge in [-0.25, -0.2) is 4.39 Å². The Kier molecular flexibility index (Phi) is 4.39. The third-order valence-electron chi connectivity index (χ3n) is 1.97. The van der Waals surface area contributed by atoms with Gasteiger partial charge in [0.1, 0.15) is 6.17 Å². The van der Waals surface area contributed by atoms with Gasteiger partial charge in [0.25, 0.3) is 0 Å². The smallest absolute Gasteiger partial charge is 0.106 e. The first kappa shape index (κ1) is 10.7. The largest absolute Gasteiger partial charge is 0.330 e.